The molecule has 1 aromatic rings. The van der Waals surface area contributed by atoms with Gasteiger partial charge in [0.1, 0.15) is 5.82 Å². The van der Waals surface area contributed by atoms with Crippen LogP contribution in [0.15, 0.2) is 24.3 Å². The number of terminal acetylenes is 1. The highest BCUT2D eigenvalue weighted by Gasteiger charge is 2.31. The van der Waals surface area contributed by atoms with Gasteiger partial charge in [0.2, 0.25) is 0 Å². The molecule has 1 saturated carbocycles. The first-order valence-electron chi connectivity index (χ1n) is 5.72. The summed E-state index contributed by atoms with van der Waals surface area (Å²) in [6, 6.07) is 7.57. The first-order valence-corrected chi connectivity index (χ1v) is 5.72. The summed E-state index contributed by atoms with van der Waals surface area (Å²) in [5.41, 5.74) is 0.859. The van der Waals surface area contributed by atoms with E-state index >= 15 is 0 Å². The number of hydrogen-bond acceptors (Lipinski definition) is 1. The molecule has 0 bridgehead atoms. The summed E-state index contributed by atoms with van der Waals surface area (Å²) in [6.07, 6.45) is 7.98. The molecule has 0 saturated heterocycles. The van der Waals surface area contributed by atoms with Gasteiger partial charge in [0.15, 0.2) is 0 Å². The van der Waals surface area contributed by atoms with Crippen LogP contribution in [0.25, 0.3) is 0 Å². The lowest BCUT2D eigenvalue weighted by Gasteiger charge is -2.36. The first-order chi connectivity index (χ1) is 7.81. The van der Waals surface area contributed by atoms with Crippen LogP contribution >= 0.6 is 0 Å². The Morgan fingerprint density at radius 2 is 2.12 bits per heavy atom. The normalized spacial score (nSPS) is 23.5. The fourth-order valence-corrected chi connectivity index (χ4v) is 2.19. The van der Waals surface area contributed by atoms with Crippen molar-refractivity contribution in [1.29, 1.82) is 0 Å². The van der Waals surface area contributed by atoms with Gasteiger partial charge in [-0.3, -0.25) is 0 Å². The molecule has 2 heteroatoms. The smallest absolute Gasteiger partial charge is 0.126 e. The van der Waals surface area contributed by atoms with Crippen LogP contribution in [0.4, 0.5) is 4.39 Å². The minimum atomic E-state index is -0.0745. The van der Waals surface area contributed by atoms with Gasteiger partial charge in [0.05, 0.1) is 0 Å². The van der Waals surface area contributed by atoms with Crippen LogP contribution in [0.2, 0.25) is 0 Å². The average Bonchev–Trinajstić information content (AvgIpc) is 2.23. The molecule has 1 N–H and O–H groups in total. The highest BCUT2D eigenvalue weighted by atomic mass is 19.1. The van der Waals surface area contributed by atoms with Gasteiger partial charge < -0.3 is 5.32 Å². The Morgan fingerprint density at radius 1 is 1.38 bits per heavy atom. The monoisotopic (exact) mass is 217 g/mol. The summed E-state index contributed by atoms with van der Waals surface area (Å²) in [5.74, 6) is 2.91. The van der Waals surface area contributed by atoms with Crippen molar-refractivity contribution in [2.24, 2.45) is 0 Å². The van der Waals surface area contributed by atoms with Gasteiger partial charge in [-0.15, -0.1) is 12.3 Å². The average molecular weight is 217 g/mol. The van der Waals surface area contributed by atoms with Crippen molar-refractivity contribution in [3.05, 3.63) is 35.6 Å². The Kier molecular flexibility index (Phi) is 3.58. The second-order valence-electron chi connectivity index (χ2n) is 4.30. The van der Waals surface area contributed by atoms with Crippen LogP contribution in [-0.2, 0) is 0 Å². The molecule has 1 fully saturated rings. The van der Waals surface area contributed by atoms with Crippen LogP contribution in [-0.4, -0.2) is 12.6 Å². The second kappa shape index (κ2) is 5.14. The van der Waals surface area contributed by atoms with Gasteiger partial charge in [-0.05, 0) is 30.4 Å². The third-order valence-electron chi connectivity index (χ3n) is 3.19. The summed E-state index contributed by atoms with van der Waals surface area (Å²) in [7, 11) is 0. The zero-order valence-corrected chi connectivity index (χ0v) is 9.25. The van der Waals surface area contributed by atoms with Crippen molar-refractivity contribution in [3.63, 3.8) is 0 Å². The van der Waals surface area contributed by atoms with Crippen molar-refractivity contribution >= 4 is 0 Å². The maximum absolute atomic E-state index is 13.4. The molecule has 1 aliphatic rings. The van der Waals surface area contributed by atoms with Gasteiger partial charge in [-0.1, -0.05) is 18.2 Å². The molecule has 1 nitrogen and oxygen atoms in total. The Labute approximate surface area is 96.1 Å². The zero-order valence-electron chi connectivity index (χ0n) is 9.25. The largest absolute Gasteiger partial charge is 0.313 e. The molecule has 1 aliphatic carbocycles. The van der Waals surface area contributed by atoms with E-state index in [4.69, 9.17) is 6.42 Å². The van der Waals surface area contributed by atoms with Crippen molar-refractivity contribution in [1.82, 2.24) is 5.32 Å². The van der Waals surface area contributed by atoms with Crippen LogP contribution in [0.3, 0.4) is 0 Å². The molecule has 0 spiro atoms. The minimum Gasteiger partial charge on any atom is -0.313 e. The number of halogens is 1. The Morgan fingerprint density at radius 3 is 2.81 bits per heavy atom. The van der Waals surface area contributed by atoms with Crippen LogP contribution in [0, 0.1) is 18.2 Å². The lowest BCUT2D eigenvalue weighted by atomic mass is 9.75. The molecular weight excluding hydrogens is 201 g/mol. The third-order valence-corrected chi connectivity index (χ3v) is 3.19. The fourth-order valence-electron chi connectivity index (χ4n) is 2.19. The quantitative estimate of drug-likeness (QED) is 0.604. The molecule has 0 radical (unpaired) electrons. The number of nitrogens with one attached hydrogen (secondary N) is 1. The summed E-state index contributed by atoms with van der Waals surface area (Å²) in [6.45, 7) is 0.866. The van der Waals surface area contributed by atoms with E-state index in [1.54, 1.807) is 6.07 Å². The van der Waals surface area contributed by atoms with E-state index in [9.17, 15) is 4.39 Å². The molecular formula is C14H16FN. The number of rotatable bonds is 4. The van der Waals surface area contributed by atoms with Crippen LogP contribution < -0.4 is 5.32 Å². The van der Waals surface area contributed by atoms with Crippen molar-refractivity contribution in [3.8, 4) is 12.3 Å². The lowest BCUT2D eigenvalue weighted by molar-refractivity contribution is 0.288. The zero-order chi connectivity index (χ0) is 11.4. The fraction of sp³-hybridized carbons (Fsp3) is 0.429. The maximum Gasteiger partial charge on any atom is 0.126 e. The van der Waals surface area contributed by atoms with Gasteiger partial charge in [0, 0.05) is 19.0 Å². The molecule has 0 unspecified atom stereocenters. The van der Waals surface area contributed by atoms with Gasteiger partial charge in [0.25, 0.3) is 0 Å². The summed E-state index contributed by atoms with van der Waals surface area (Å²) >= 11 is 0. The molecule has 1 aromatic carbocycles. The molecule has 0 atom stereocenters. The SMILES string of the molecule is C#CCCNC1CC(c2ccccc2F)C1. The Balaban J connectivity index is 1.80. The molecule has 0 amide bonds. The van der Waals surface area contributed by atoms with Gasteiger partial charge in [-0.2, -0.15) is 0 Å². The van der Waals surface area contributed by atoms with Crippen molar-refractivity contribution in [2.75, 3.05) is 6.54 Å². The van der Waals surface area contributed by atoms with E-state index in [-0.39, 0.29) is 5.82 Å². The molecule has 84 valence electrons. The standard InChI is InChI=1S/C14H16FN/c1-2-3-8-16-12-9-11(10-12)13-6-4-5-7-14(13)15/h1,4-7,11-12,16H,3,8-10H2. The molecule has 0 aliphatic heterocycles. The molecule has 0 aromatic heterocycles. The van der Waals surface area contributed by atoms with E-state index in [2.05, 4.69) is 11.2 Å². The number of benzene rings is 1. The number of hydrogen-bond donors (Lipinski definition) is 1. The third kappa shape index (κ3) is 2.43. The second-order valence-corrected chi connectivity index (χ2v) is 4.30. The van der Waals surface area contributed by atoms with Gasteiger partial charge >= 0.3 is 0 Å². The van der Waals surface area contributed by atoms with Crippen LogP contribution in [0.5, 0.6) is 0 Å². The van der Waals surface area contributed by atoms with Crippen molar-refractivity contribution in [2.45, 2.75) is 31.2 Å². The summed E-state index contributed by atoms with van der Waals surface area (Å²) in [5, 5.41) is 3.37. The summed E-state index contributed by atoms with van der Waals surface area (Å²) in [4.78, 5) is 0. The van der Waals surface area contributed by atoms with E-state index in [0.29, 0.717) is 12.0 Å². The molecule has 0 heterocycles. The van der Waals surface area contributed by atoms with E-state index < -0.39 is 0 Å². The maximum atomic E-state index is 13.4. The predicted molar refractivity (Wildman–Crippen MR) is 63.6 cm³/mol. The van der Waals surface area contributed by atoms with Crippen molar-refractivity contribution < 1.29 is 4.39 Å². The van der Waals surface area contributed by atoms with E-state index in [1.165, 1.54) is 6.07 Å². The first kappa shape index (κ1) is 11.2. The van der Waals surface area contributed by atoms with E-state index in [0.717, 1.165) is 31.4 Å². The van der Waals surface area contributed by atoms with E-state index in [1.807, 2.05) is 12.1 Å². The Hall–Kier alpha value is -1.33. The highest BCUT2D eigenvalue weighted by Crippen LogP contribution is 2.37. The Bertz CT molecular complexity index is 388. The molecule has 2 rings (SSSR count). The predicted octanol–water partition coefficient (Wildman–Crippen LogP) is 2.68. The summed E-state index contributed by atoms with van der Waals surface area (Å²) < 4.78 is 13.4. The topological polar surface area (TPSA) is 12.0 Å². The molecule has 16 heavy (non-hydrogen) atoms. The van der Waals surface area contributed by atoms with Crippen LogP contribution in [0.1, 0.15) is 30.7 Å². The lowest BCUT2D eigenvalue weighted by Crippen LogP contribution is -2.40. The minimum absolute atomic E-state index is 0.0745. The highest BCUT2D eigenvalue weighted by molar-refractivity contribution is 5.24. The van der Waals surface area contributed by atoms with Gasteiger partial charge in [-0.25, -0.2) is 4.39 Å².